The Morgan fingerprint density at radius 2 is 1.79 bits per heavy atom. The fraction of sp³-hybridized carbons (Fsp3) is 0. The van der Waals surface area contributed by atoms with E-state index in [1.165, 1.54) is 12.1 Å². The van der Waals surface area contributed by atoms with E-state index in [2.05, 4.69) is 0 Å². The van der Waals surface area contributed by atoms with Gasteiger partial charge < -0.3 is 13.1 Å². The molecule has 0 atom stereocenters. The molecule has 6 heteroatoms. The maximum Gasteiger partial charge on any atom is 2.00 e. The number of hydrogen-bond donors (Lipinski definition) is 2. The standard InChI is InChI=1S/C13H8F2O3.Ca.2H/c14-8-2-3-9(11(15)6-8)7-1-4-12(16)10(5-7)13(17)18;;;/h1-6,16H,(H,17,18);;;/q;+2;2*-1. The summed E-state index contributed by atoms with van der Waals surface area (Å²) in [5.41, 5.74) is -0.0159. The van der Waals surface area contributed by atoms with Crippen molar-refractivity contribution in [1.29, 1.82) is 0 Å². The number of carbonyl (C=O) groups is 1. The molecule has 0 aliphatic heterocycles. The number of aromatic hydroxyl groups is 1. The Labute approximate surface area is 140 Å². The van der Waals surface area contributed by atoms with E-state index in [1.807, 2.05) is 0 Å². The topological polar surface area (TPSA) is 57.5 Å². The third-order valence-corrected chi connectivity index (χ3v) is 2.47. The zero-order valence-electron chi connectivity index (χ0n) is 11.7. The minimum atomic E-state index is -1.32. The summed E-state index contributed by atoms with van der Waals surface area (Å²) in [6, 6.07) is 6.64. The molecule has 0 radical (unpaired) electrons. The molecule has 2 aromatic rings. The minimum Gasteiger partial charge on any atom is -1.00 e. The molecule has 96 valence electrons. The summed E-state index contributed by atoms with van der Waals surface area (Å²) in [4.78, 5) is 10.8. The van der Waals surface area contributed by atoms with Gasteiger partial charge in [0.25, 0.3) is 0 Å². The van der Waals surface area contributed by atoms with E-state index in [1.54, 1.807) is 0 Å². The molecule has 0 saturated heterocycles. The minimum absolute atomic E-state index is 0. The van der Waals surface area contributed by atoms with E-state index < -0.39 is 23.4 Å². The molecule has 0 aliphatic rings. The average molecular weight is 292 g/mol. The molecule has 0 saturated carbocycles. The number of phenols is 1. The molecule has 2 N–H and O–H groups in total. The van der Waals surface area contributed by atoms with Crippen molar-refractivity contribution in [3.63, 3.8) is 0 Å². The number of rotatable bonds is 2. The fourth-order valence-electron chi connectivity index (χ4n) is 1.60. The normalized spacial score (nSPS) is 9.79. The third kappa shape index (κ3) is 3.43. The van der Waals surface area contributed by atoms with Crippen LogP contribution in [0.3, 0.4) is 0 Å². The molecule has 0 aromatic heterocycles. The largest absolute Gasteiger partial charge is 2.00 e. The van der Waals surface area contributed by atoms with Gasteiger partial charge in [-0.05, 0) is 29.8 Å². The Morgan fingerprint density at radius 3 is 2.37 bits per heavy atom. The molecular weight excluding hydrogens is 282 g/mol. The van der Waals surface area contributed by atoms with Crippen molar-refractivity contribution in [2.75, 3.05) is 0 Å². The second-order valence-corrected chi connectivity index (χ2v) is 3.66. The van der Waals surface area contributed by atoms with Gasteiger partial charge >= 0.3 is 43.7 Å². The van der Waals surface area contributed by atoms with Crippen LogP contribution in [-0.4, -0.2) is 53.9 Å². The van der Waals surface area contributed by atoms with E-state index in [-0.39, 0.29) is 57.3 Å². The maximum absolute atomic E-state index is 13.5. The first kappa shape index (κ1) is 15.9. The number of carboxylic acids is 1. The third-order valence-electron chi connectivity index (χ3n) is 2.47. The number of halogens is 2. The first-order valence-electron chi connectivity index (χ1n) is 5.01. The number of hydrogen-bond acceptors (Lipinski definition) is 2. The second kappa shape index (κ2) is 6.32. The zero-order valence-corrected chi connectivity index (χ0v) is 11.9. The van der Waals surface area contributed by atoms with E-state index in [9.17, 15) is 18.7 Å². The first-order chi connectivity index (χ1) is 8.49. The van der Waals surface area contributed by atoms with Gasteiger partial charge in [0.05, 0.1) is 0 Å². The van der Waals surface area contributed by atoms with E-state index in [4.69, 9.17) is 5.11 Å². The molecule has 0 spiro atoms. The first-order valence-corrected chi connectivity index (χ1v) is 5.01. The Kier molecular flexibility index (Phi) is 5.28. The van der Waals surface area contributed by atoms with Gasteiger partial charge in [0.1, 0.15) is 22.9 Å². The van der Waals surface area contributed by atoms with Crippen LogP contribution in [-0.2, 0) is 0 Å². The van der Waals surface area contributed by atoms with Crippen LogP contribution in [0.15, 0.2) is 36.4 Å². The van der Waals surface area contributed by atoms with Crippen molar-refractivity contribution < 1.29 is 26.6 Å². The van der Waals surface area contributed by atoms with Crippen LogP contribution in [0.1, 0.15) is 13.2 Å². The molecule has 0 bridgehead atoms. The van der Waals surface area contributed by atoms with Crippen molar-refractivity contribution in [1.82, 2.24) is 0 Å². The van der Waals surface area contributed by atoms with Crippen LogP contribution in [0.2, 0.25) is 0 Å². The molecule has 2 aromatic carbocycles. The molecular formula is C13H10CaF2O3. The van der Waals surface area contributed by atoms with Crippen LogP contribution < -0.4 is 0 Å². The van der Waals surface area contributed by atoms with Crippen molar-refractivity contribution in [3.05, 3.63) is 53.6 Å². The van der Waals surface area contributed by atoms with Gasteiger partial charge in [0.2, 0.25) is 0 Å². The van der Waals surface area contributed by atoms with Crippen LogP contribution in [0.4, 0.5) is 8.78 Å². The Bertz CT molecular complexity index is 639. The van der Waals surface area contributed by atoms with Crippen molar-refractivity contribution in [2.45, 2.75) is 0 Å². The molecule has 0 unspecified atom stereocenters. The predicted molar refractivity (Wildman–Crippen MR) is 68.4 cm³/mol. The van der Waals surface area contributed by atoms with Gasteiger partial charge in [0, 0.05) is 11.6 Å². The summed E-state index contributed by atoms with van der Waals surface area (Å²) in [5, 5.41) is 18.2. The zero-order chi connectivity index (χ0) is 13.3. The summed E-state index contributed by atoms with van der Waals surface area (Å²) in [7, 11) is 0. The van der Waals surface area contributed by atoms with Gasteiger partial charge in [-0.25, -0.2) is 13.6 Å². The smallest absolute Gasteiger partial charge is 1.00 e. The average Bonchev–Trinajstić information content (AvgIpc) is 2.30. The number of aromatic carboxylic acids is 1. The second-order valence-electron chi connectivity index (χ2n) is 3.66. The van der Waals surface area contributed by atoms with Crippen molar-refractivity contribution in [3.8, 4) is 16.9 Å². The molecule has 0 amide bonds. The van der Waals surface area contributed by atoms with Gasteiger partial charge in [-0.3, -0.25) is 0 Å². The van der Waals surface area contributed by atoms with Crippen LogP contribution in [0.25, 0.3) is 11.1 Å². The quantitative estimate of drug-likeness (QED) is 0.837. The summed E-state index contributed by atoms with van der Waals surface area (Å²) >= 11 is 0. The molecule has 0 fully saturated rings. The van der Waals surface area contributed by atoms with Crippen LogP contribution in [0, 0.1) is 11.6 Å². The van der Waals surface area contributed by atoms with Crippen LogP contribution in [0.5, 0.6) is 5.75 Å². The summed E-state index contributed by atoms with van der Waals surface area (Å²) in [6.07, 6.45) is 0. The SMILES string of the molecule is O=C(O)c1cc(-c2ccc(F)cc2F)ccc1O.[Ca+2].[H-].[H-]. The monoisotopic (exact) mass is 292 g/mol. The molecule has 19 heavy (non-hydrogen) atoms. The van der Waals surface area contributed by atoms with Crippen molar-refractivity contribution >= 4 is 43.7 Å². The van der Waals surface area contributed by atoms with Gasteiger partial charge in [-0.2, -0.15) is 0 Å². The van der Waals surface area contributed by atoms with Crippen molar-refractivity contribution in [2.24, 2.45) is 0 Å². The number of carboxylic acid groups (broad SMARTS) is 1. The van der Waals surface area contributed by atoms with E-state index in [0.29, 0.717) is 6.07 Å². The van der Waals surface area contributed by atoms with Gasteiger partial charge in [-0.1, -0.05) is 6.07 Å². The summed E-state index contributed by atoms with van der Waals surface area (Å²) in [6.45, 7) is 0. The van der Waals surface area contributed by atoms with Crippen LogP contribution >= 0.6 is 0 Å². The fourth-order valence-corrected chi connectivity index (χ4v) is 1.60. The molecule has 3 nitrogen and oxygen atoms in total. The molecule has 0 heterocycles. The molecule has 0 aliphatic carbocycles. The summed E-state index contributed by atoms with van der Waals surface area (Å²) < 4.78 is 26.3. The Hall–Kier alpha value is -1.17. The number of benzene rings is 2. The molecule has 2 rings (SSSR count). The Morgan fingerprint density at radius 1 is 1.11 bits per heavy atom. The Balaban J connectivity index is 0. The van der Waals surface area contributed by atoms with Gasteiger partial charge in [-0.15, -0.1) is 0 Å². The summed E-state index contributed by atoms with van der Waals surface area (Å²) in [5.74, 6) is -3.24. The maximum atomic E-state index is 13.5. The van der Waals surface area contributed by atoms with E-state index >= 15 is 0 Å². The van der Waals surface area contributed by atoms with Gasteiger partial charge in [0.15, 0.2) is 0 Å². The van der Waals surface area contributed by atoms with E-state index in [0.717, 1.165) is 18.2 Å². The predicted octanol–water partition coefficient (Wildman–Crippen LogP) is 2.88.